The molecule has 146 valence electrons. The summed E-state index contributed by atoms with van der Waals surface area (Å²) in [5.41, 5.74) is 1.45. The first kappa shape index (κ1) is 19.8. The van der Waals surface area contributed by atoms with E-state index in [4.69, 9.17) is 0 Å². The Morgan fingerprint density at radius 3 is 2.43 bits per heavy atom. The average molecular weight is 377 g/mol. The molecule has 1 N–H and O–H groups in total. The van der Waals surface area contributed by atoms with Crippen LogP contribution in [0.3, 0.4) is 0 Å². The summed E-state index contributed by atoms with van der Waals surface area (Å²) in [4.78, 5) is 25.5. The Morgan fingerprint density at radius 2 is 1.68 bits per heavy atom. The van der Waals surface area contributed by atoms with E-state index in [0.29, 0.717) is 29.6 Å². The van der Waals surface area contributed by atoms with Crippen molar-refractivity contribution < 1.29 is 4.79 Å². The molecule has 28 heavy (non-hydrogen) atoms. The predicted molar refractivity (Wildman–Crippen MR) is 113 cm³/mol. The van der Waals surface area contributed by atoms with E-state index in [1.54, 1.807) is 12.1 Å². The largest absolute Gasteiger partial charge is 0.351 e. The van der Waals surface area contributed by atoms with Crippen LogP contribution in [0.25, 0.3) is 10.8 Å². The molecule has 0 fully saturated rings. The molecule has 1 heterocycles. The number of nitrogens with one attached hydrogen (secondary N) is 1. The molecule has 0 saturated carbocycles. The molecule has 0 saturated heterocycles. The van der Waals surface area contributed by atoms with Gasteiger partial charge in [0.2, 0.25) is 0 Å². The number of aromatic nitrogens is 2. The first-order valence-corrected chi connectivity index (χ1v) is 10.0. The van der Waals surface area contributed by atoms with Crippen molar-refractivity contribution in [3.63, 3.8) is 0 Å². The second-order valence-electron chi connectivity index (χ2n) is 6.97. The molecule has 0 radical (unpaired) electrons. The van der Waals surface area contributed by atoms with Crippen molar-refractivity contribution in [2.75, 3.05) is 6.54 Å². The van der Waals surface area contributed by atoms with E-state index >= 15 is 0 Å². The molecule has 3 rings (SSSR count). The highest BCUT2D eigenvalue weighted by atomic mass is 16.2. The van der Waals surface area contributed by atoms with E-state index in [9.17, 15) is 9.59 Å². The summed E-state index contributed by atoms with van der Waals surface area (Å²) in [6.45, 7) is 3.22. The molecule has 1 amide bonds. The van der Waals surface area contributed by atoms with Crippen LogP contribution >= 0.6 is 0 Å². The predicted octanol–water partition coefficient (Wildman–Crippen LogP) is 3.95. The van der Waals surface area contributed by atoms with Crippen LogP contribution in [0.1, 0.15) is 48.7 Å². The zero-order valence-electron chi connectivity index (χ0n) is 16.4. The zero-order chi connectivity index (χ0) is 19.8. The summed E-state index contributed by atoms with van der Waals surface area (Å²) in [5, 5.41) is 8.52. The van der Waals surface area contributed by atoms with E-state index in [2.05, 4.69) is 29.5 Å². The fraction of sp³-hybridized carbons (Fsp3) is 0.348. The lowest BCUT2D eigenvalue weighted by molar-refractivity contribution is 0.0947. The Kier molecular flexibility index (Phi) is 6.95. The van der Waals surface area contributed by atoms with Gasteiger partial charge in [-0.3, -0.25) is 9.59 Å². The number of unbranched alkanes of at least 4 members (excludes halogenated alkanes) is 2. The van der Waals surface area contributed by atoms with Crippen molar-refractivity contribution in [2.24, 2.45) is 0 Å². The number of aryl methyl sites for hydroxylation is 2. The molecule has 5 nitrogen and oxygen atoms in total. The first-order chi connectivity index (χ1) is 13.7. The third-order valence-electron chi connectivity index (χ3n) is 4.83. The molecule has 0 aliphatic carbocycles. The Bertz CT molecular complexity index is 980. The third kappa shape index (κ3) is 4.85. The number of amides is 1. The number of carbonyl (C=O) groups excluding carboxylic acids is 1. The number of carbonyl (C=O) groups is 1. The second kappa shape index (κ2) is 9.83. The molecule has 0 aliphatic heterocycles. The Labute approximate surface area is 165 Å². The summed E-state index contributed by atoms with van der Waals surface area (Å²) in [5.74, 6) is -0.228. The standard InChI is InChI=1S/C23H27N3O2/c1-2-3-9-17-26-23(28)20-15-8-7-14-19(20)21(25-26)22(27)24-16-10-13-18-11-5-4-6-12-18/h4-8,11-12,14-15H,2-3,9-10,13,16-17H2,1H3,(H,24,27). The minimum absolute atomic E-state index is 0.132. The monoisotopic (exact) mass is 377 g/mol. The van der Waals surface area contributed by atoms with Crippen LogP contribution in [-0.4, -0.2) is 22.2 Å². The van der Waals surface area contributed by atoms with Gasteiger partial charge in [-0.05, 0) is 30.9 Å². The Balaban J connectivity index is 1.73. The lowest BCUT2D eigenvalue weighted by atomic mass is 10.1. The minimum atomic E-state index is -0.228. The van der Waals surface area contributed by atoms with E-state index in [1.807, 2.05) is 30.3 Å². The number of fused-ring (bicyclic) bond motifs is 1. The lowest BCUT2D eigenvalue weighted by Gasteiger charge is -2.11. The number of nitrogens with zero attached hydrogens (tertiary/aromatic N) is 2. The maximum Gasteiger partial charge on any atom is 0.274 e. The van der Waals surface area contributed by atoms with Crippen molar-refractivity contribution in [1.82, 2.24) is 15.1 Å². The third-order valence-corrected chi connectivity index (χ3v) is 4.83. The van der Waals surface area contributed by atoms with Gasteiger partial charge in [0.05, 0.1) is 5.39 Å². The summed E-state index contributed by atoms with van der Waals surface area (Å²) in [6, 6.07) is 17.4. The number of hydrogen-bond acceptors (Lipinski definition) is 3. The maximum absolute atomic E-state index is 12.8. The molecule has 0 spiro atoms. The molecule has 2 aromatic carbocycles. The van der Waals surface area contributed by atoms with Crippen molar-refractivity contribution in [3.05, 3.63) is 76.2 Å². The lowest BCUT2D eigenvalue weighted by Crippen LogP contribution is -2.31. The molecule has 3 aromatic rings. The van der Waals surface area contributed by atoms with E-state index < -0.39 is 0 Å². The van der Waals surface area contributed by atoms with Crippen molar-refractivity contribution >= 4 is 16.7 Å². The number of benzene rings is 2. The van der Waals surface area contributed by atoms with Gasteiger partial charge in [0, 0.05) is 18.5 Å². The highest BCUT2D eigenvalue weighted by Gasteiger charge is 2.16. The Morgan fingerprint density at radius 1 is 0.964 bits per heavy atom. The van der Waals surface area contributed by atoms with Gasteiger partial charge >= 0.3 is 0 Å². The van der Waals surface area contributed by atoms with Gasteiger partial charge in [0.25, 0.3) is 11.5 Å². The molecule has 0 bridgehead atoms. The maximum atomic E-state index is 12.8. The molecule has 0 atom stereocenters. The first-order valence-electron chi connectivity index (χ1n) is 10.0. The summed E-state index contributed by atoms with van der Waals surface area (Å²) < 4.78 is 1.44. The summed E-state index contributed by atoms with van der Waals surface area (Å²) >= 11 is 0. The van der Waals surface area contributed by atoms with Crippen molar-refractivity contribution in [1.29, 1.82) is 0 Å². The van der Waals surface area contributed by atoms with Gasteiger partial charge in [-0.25, -0.2) is 4.68 Å². The fourth-order valence-corrected chi connectivity index (χ4v) is 3.29. The smallest absolute Gasteiger partial charge is 0.274 e. The number of hydrogen-bond donors (Lipinski definition) is 1. The fourth-order valence-electron chi connectivity index (χ4n) is 3.29. The SMILES string of the molecule is CCCCCn1nc(C(=O)NCCCc2ccccc2)c2ccccc2c1=O. The van der Waals surface area contributed by atoms with E-state index in [0.717, 1.165) is 32.1 Å². The van der Waals surface area contributed by atoms with Crippen LogP contribution in [-0.2, 0) is 13.0 Å². The average Bonchev–Trinajstić information content (AvgIpc) is 2.73. The van der Waals surface area contributed by atoms with Crippen LogP contribution in [0.2, 0.25) is 0 Å². The van der Waals surface area contributed by atoms with Gasteiger partial charge in [0.1, 0.15) is 0 Å². The molecular weight excluding hydrogens is 350 g/mol. The van der Waals surface area contributed by atoms with Crippen LogP contribution in [0, 0.1) is 0 Å². The molecule has 0 unspecified atom stereocenters. The highest BCUT2D eigenvalue weighted by molar-refractivity contribution is 6.04. The quantitative estimate of drug-likeness (QED) is 0.574. The second-order valence-corrected chi connectivity index (χ2v) is 6.97. The van der Waals surface area contributed by atoms with Crippen LogP contribution < -0.4 is 10.9 Å². The van der Waals surface area contributed by atoms with Crippen molar-refractivity contribution in [3.8, 4) is 0 Å². The minimum Gasteiger partial charge on any atom is -0.351 e. The summed E-state index contributed by atoms with van der Waals surface area (Å²) in [6.07, 6.45) is 4.73. The molecule has 0 aliphatic rings. The van der Waals surface area contributed by atoms with Crippen LogP contribution in [0.5, 0.6) is 0 Å². The van der Waals surface area contributed by atoms with Crippen LogP contribution in [0.15, 0.2) is 59.4 Å². The van der Waals surface area contributed by atoms with Gasteiger partial charge in [-0.15, -0.1) is 0 Å². The van der Waals surface area contributed by atoms with Gasteiger partial charge < -0.3 is 5.32 Å². The topological polar surface area (TPSA) is 64.0 Å². The van der Waals surface area contributed by atoms with E-state index in [-0.39, 0.29) is 11.5 Å². The van der Waals surface area contributed by atoms with Crippen LogP contribution in [0.4, 0.5) is 0 Å². The molecular formula is C23H27N3O2. The zero-order valence-corrected chi connectivity index (χ0v) is 16.4. The number of rotatable bonds is 9. The molecule has 1 aromatic heterocycles. The van der Waals surface area contributed by atoms with Gasteiger partial charge in [-0.2, -0.15) is 5.10 Å². The normalized spacial score (nSPS) is 10.9. The van der Waals surface area contributed by atoms with E-state index in [1.165, 1.54) is 10.2 Å². The van der Waals surface area contributed by atoms with Crippen molar-refractivity contribution in [2.45, 2.75) is 45.6 Å². The molecule has 5 heteroatoms. The van der Waals surface area contributed by atoms with Gasteiger partial charge in [-0.1, -0.05) is 68.3 Å². The summed E-state index contributed by atoms with van der Waals surface area (Å²) in [7, 11) is 0. The van der Waals surface area contributed by atoms with Gasteiger partial charge in [0.15, 0.2) is 5.69 Å². The highest BCUT2D eigenvalue weighted by Crippen LogP contribution is 2.13. The Hall–Kier alpha value is -2.95.